The topological polar surface area (TPSA) is 24.5 Å². The van der Waals surface area contributed by atoms with Gasteiger partial charge in [-0.25, -0.2) is 4.39 Å². The van der Waals surface area contributed by atoms with Crippen molar-refractivity contribution >= 4 is 0 Å². The van der Waals surface area contributed by atoms with Crippen molar-refractivity contribution in [3.63, 3.8) is 0 Å². The zero-order chi connectivity index (χ0) is 13.5. The highest BCUT2D eigenvalue weighted by atomic mass is 19.1. The van der Waals surface area contributed by atoms with E-state index in [9.17, 15) is 4.39 Å². The van der Waals surface area contributed by atoms with Crippen LogP contribution in [0.2, 0.25) is 0 Å². The Morgan fingerprint density at radius 3 is 2.61 bits per heavy atom. The normalized spacial score (nSPS) is 11.3. The molecule has 0 unspecified atom stereocenters. The van der Waals surface area contributed by atoms with Crippen molar-refractivity contribution in [3.05, 3.63) is 29.6 Å². The first kappa shape index (κ1) is 14.9. The summed E-state index contributed by atoms with van der Waals surface area (Å²) in [4.78, 5) is 2.03. The molecule has 0 aromatic heterocycles. The van der Waals surface area contributed by atoms with Gasteiger partial charge < -0.3 is 15.0 Å². The lowest BCUT2D eigenvalue weighted by Crippen LogP contribution is -2.22. The molecule has 1 rings (SSSR count). The minimum atomic E-state index is -0.252. The molecule has 0 radical (unpaired) electrons. The van der Waals surface area contributed by atoms with Crippen LogP contribution in [0.3, 0.4) is 0 Å². The average molecular weight is 254 g/mol. The standard InChI is InChI=1S/C14H23FN2O/c1-11(2)16-10-12-7-13(15)9-14(8-12)18-6-5-17(3)4/h7-9,11,16H,5-6,10H2,1-4H3. The van der Waals surface area contributed by atoms with Crippen LogP contribution in [0.15, 0.2) is 18.2 Å². The first-order chi connectivity index (χ1) is 8.47. The fraction of sp³-hybridized carbons (Fsp3) is 0.571. The molecule has 0 aliphatic rings. The number of likely N-dealkylation sites (N-methyl/N-ethyl adjacent to an activating group) is 1. The molecule has 0 fully saturated rings. The summed E-state index contributed by atoms with van der Waals surface area (Å²) in [6.45, 7) is 6.16. The molecule has 0 atom stereocenters. The summed E-state index contributed by atoms with van der Waals surface area (Å²) in [5.41, 5.74) is 0.906. The molecule has 18 heavy (non-hydrogen) atoms. The van der Waals surface area contributed by atoms with Gasteiger partial charge in [-0.2, -0.15) is 0 Å². The zero-order valence-corrected chi connectivity index (χ0v) is 11.7. The number of benzene rings is 1. The van der Waals surface area contributed by atoms with Crippen LogP contribution in [0.4, 0.5) is 4.39 Å². The van der Waals surface area contributed by atoms with Crippen LogP contribution in [0.5, 0.6) is 5.75 Å². The van der Waals surface area contributed by atoms with Crippen LogP contribution >= 0.6 is 0 Å². The molecule has 4 heteroatoms. The van der Waals surface area contributed by atoms with Crippen molar-refractivity contribution in [1.82, 2.24) is 10.2 Å². The van der Waals surface area contributed by atoms with E-state index < -0.39 is 0 Å². The second-order valence-corrected chi connectivity index (χ2v) is 4.98. The Kier molecular flexibility index (Phi) is 6.09. The van der Waals surface area contributed by atoms with Crippen molar-refractivity contribution in [2.45, 2.75) is 26.4 Å². The van der Waals surface area contributed by atoms with E-state index in [0.29, 0.717) is 24.9 Å². The van der Waals surface area contributed by atoms with E-state index in [-0.39, 0.29) is 5.82 Å². The number of hydrogen-bond donors (Lipinski definition) is 1. The number of nitrogens with one attached hydrogen (secondary N) is 1. The average Bonchev–Trinajstić information content (AvgIpc) is 2.25. The van der Waals surface area contributed by atoms with Gasteiger partial charge in [0.15, 0.2) is 0 Å². The molecule has 3 nitrogen and oxygen atoms in total. The number of hydrogen-bond acceptors (Lipinski definition) is 3. The Labute approximate surface area is 109 Å². The van der Waals surface area contributed by atoms with Gasteiger partial charge in [0.25, 0.3) is 0 Å². The molecule has 0 spiro atoms. The molecule has 1 aromatic carbocycles. The van der Waals surface area contributed by atoms with Gasteiger partial charge in [-0.3, -0.25) is 0 Å². The highest BCUT2D eigenvalue weighted by molar-refractivity contribution is 5.29. The van der Waals surface area contributed by atoms with E-state index in [4.69, 9.17) is 4.74 Å². The molecule has 0 aliphatic heterocycles. The minimum Gasteiger partial charge on any atom is -0.492 e. The van der Waals surface area contributed by atoms with Crippen molar-refractivity contribution in [1.29, 1.82) is 0 Å². The second kappa shape index (κ2) is 7.34. The lowest BCUT2D eigenvalue weighted by molar-refractivity contribution is 0.260. The molecule has 1 aromatic rings. The quantitative estimate of drug-likeness (QED) is 0.808. The highest BCUT2D eigenvalue weighted by Crippen LogP contribution is 2.16. The van der Waals surface area contributed by atoms with Crippen LogP contribution in [0, 0.1) is 5.82 Å². The lowest BCUT2D eigenvalue weighted by atomic mass is 10.2. The molecule has 102 valence electrons. The van der Waals surface area contributed by atoms with E-state index in [2.05, 4.69) is 19.2 Å². The van der Waals surface area contributed by atoms with Crippen molar-refractivity contribution in [2.24, 2.45) is 0 Å². The summed E-state index contributed by atoms with van der Waals surface area (Å²) in [5.74, 6) is 0.343. The third-order valence-corrected chi connectivity index (χ3v) is 2.45. The zero-order valence-electron chi connectivity index (χ0n) is 11.7. The fourth-order valence-corrected chi connectivity index (χ4v) is 1.47. The minimum absolute atomic E-state index is 0.252. The number of rotatable bonds is 7. The van der Waals surface area contributed by atoms with E-state index in [0.717, 1.165) is 12.1 Å². The van der Waals surface area contributed by atoms with Crippen LogP contribution in [-0.2, 0) is 6.54 Å². The Balaban J connectivity index is 2.57. The van der Waals surface area contributed by atoms with Gasteiger partial charge in [-0.1, -0.05) is 13.8 Å². The molecule has 0 saturated heterocycles. The van der Waals surface area contributed by atoms with E-state index in [1.54, 1.807) is 0 Å². The van der Waals surface area contributed by atoms with Gasteiger partial charge >= 0.3 is 0 Å². The van der Waals surface area contributed by atoms with Crippen LogP contribution in [0.25, 0.3) is 0 Å². The molecular formula is C14H23FN2O. The Hall–Kier alpha value is -1.13. The van der Waals surface area contributed by atoms with Gasteiger partial charge in [0.05, 0.1) is 0 Å². The SMILES string of the molecule is CC(C)NCc1cc(F)cc(OCCN(C)C)c1. The highest BCUT2D eigenvalue weighted by Gasteiger charge is 2.03. The maximum Gasteiger partial charge on any atom is 0.127 e. The Morgan fingerprint density at radius 1 is 1.28 bits per heavy atom. The van der Waals surface area contributed by atoms with Gasteiger partial charge in [0, 0.05) is 25.2 Å². The van der Waals surface area contributed by atoms with Crippen molar-refractivity contribution in [3.8, 4) is 5.75 Å². The first-order valence-electron chi connectivity index (χ1n) is 6.27. The molecule has 0 saturated carbocycles. The Bertz CT molecular complexity index is 367. The fourth-order valence-electron chi connectivity index (χ4n) is 1.47. The number of halogens is 1. The lowest BCUT2D eigenvalue weighted by Gasteiger charge is -2.13. The van der Waals surface area contributed by atoms with Crippen LogP contribution in [-0.4, -0.2) is 38.2 Å². The van der Waals surface area contributed by atoms with E-state index >= 15 is 0 Å². The summed E-state index contributed by atoms with van der Waals surface area (Å²) in [5, 5.41) is 3.26. The van der Waals surface area contributed by atoms with Gasteiger partial charge in [-0.15, -0.1) is 0 Å². The van der Waals surface area contributed by atoms with Crippen LogP contribution in [0.1, 0.15) is 19.4 Å². The predicted molar refractivity (Wildman–Crippen MR) is 72.4 cm³/mol. The summed E-state index contributed by atoms with van der Waals surface area (Å²) in [6, 6.07) is 5.22. The van der Waals surface area contributed by atoms with Crippen molar-refractivity contribution < 1.29 is 9.13 Å². The predicted octanol–water partition coefficient (Wildman–Crippen LogP) is 2.26. The molecular weight excluding hydrogens is 231 g/mol. The number of nitrogens with zero attached hydrogens (tertiary/aromatic N) is 1. The third kappa shape index (κ3) is 5.98. The maximum absolute atomic E-state index is 13.4. The second-order valence-electron chi connectivity index (χ2n) is 4.98. The Morgan fingerprint density at radius 2 is 2.00 bits per heavy atom. The first-order valence-corrected chi connectivity index (χ1v) is 6.27. The number of ether oxygens (including phenoxy) is 1. The molecule has 1 N–H and O–H groups in total. The molecule has 0 amide bonds. The third-order valence-electron chi connectivity index (χ3n) is 2.45. The van der Waals surface area contributed by atoms with Crippen LogP contribution < -0.4 is 10.1 Å². The maximum atomic E-state index is 13.4. The van der Waals surface area contributed by atoms with E-state index in [1.165, 1.54) is 12.1 Å². The summed E-state index contributed by atoms with van der Waals surface area (Å²) < 4.78 is 19.0. The monoisotopic (exact) mass is 254 g/mol. The van der Waals surface area contributed by atoms with E-state index in [1.807, 2.05) is 25.1 Å². The van der Waals surface area contributed by atoms with Crippen molar-refractivity contribution in [2.75, 3.05) is 27.2 Å². The summed E-state index contributed by atoms with van der Waals surface area (Å²) >= 11 is 0. The molecule has 0 aliphatic carbocycles. The summed E-state index contributed by atoms with van der Waals surface area (Å²) in [7, 11) is 3.96. The summed E-state index contributed by atoms with van der Waals surface area (Å²) in [6.07, 6.45) is 0. The van der Waals surface area contributed by atoms with Gasteiger partial charge in [0.2, 0.25) is 0 Å². The van der Waals surface area contributed by atoms with Gasteiger partial charge in [-0.05, 0) is 31.8 Å². The largest absolute Gasteiger partial charge is 0.492 e. The smallest absolute Gasteiger partial charge is 0.127 e. The molecule has 0 bridgehead atoms. The molecule has 0 heterocycles. The van der Waals surface area contributed by atoms with Gasteiger partial charge in [0.1, 0.15) is 18.2 Å².